The molecule has 0 unspecified atom stereocenters. The predicted octanol–water partition coefficient (Wildman–Crippen LogP) is -0.779. The summed E-state index contributed by atoms with van der Waals surface area (Å²) in [6.07, 6.45) is -1.23. The van der Waals surface area contributed by atoms with Gasteiger partial charge >= 0.3 is 6.09 Å². The van der Waals surface area contributed by atoms with Gasteiger partial charge < -0.3 is 4.90 Å². The molecular formula is C9H19N4O2. The molecule has 0 aromatic heterocycles. The van der Waals surface area contributed by atoms with Crippen LogP contribution in [0.4, 0.5) is 4.79 Å². The second kappa shape index (κ2) is 5.89. The van der Waals surface area contributed by atoms with Gasteiger partial charge in [-0.1, -0.05) is 0 Å². The monoisotopic (exact) mass is 215 g/mol. The average molecular weight is 215 g/mol. The highest BCUT2D eigenvalue weighted by molar-refractivity contribution is 5.63. The van der Waals surface area contributed by atoms with Gasteiger partial charge in [0.05, 0.1) is 0 Å². The first-order chi connectivity index (χ1) is 7.08. The van der Waals surface area contributed by atoms with Gasteiger partial charge in [-0.15, -0.1) is 0 Å². The van der Waals surface area contributed by atoms with Crippen molar-refractivity contribution in [1.29, 1.82) is 0 Å². The van der Waals surface area contributed by atoms with Crippen molar-refractivity contribution in [1.82, 2.24) is 20.2 Å². The number of nitrogens with one attached hydrogen (secondary N) is 1. The first-order valence-corrected chi connectivity index (χ1v) is 5.17. The molecule has 1 N–H and O–H groups in total. The summed E-state index contributed by atoms with van der Waals surface area (Å²) in [6.45, 7) is 5.31. The Kier molecular flexibility index (Phi) is 4.80. The summed E-state index contributed by atoms with van der Waals surface area (Å²) in [7, 11) is 4.10. The van der Waals surface area contributed by atoms with E-state index >= 15 is 0 Å². The Bertz CT molecular complexity index is 202. The number of carbonyl (C=O) groups excluding carboxylic acids is 1. The number of hydrogen-bond acceptors (Lipinski definition) is 4. The molecule has 87 valence electrons. The van der Waals surface area contributed by atoms with E-state index in [9.17, 15) is 9.90 Å². The van der Waals surface area contributed by atoms with Crippen molar-refractivity contribution in [3.8, 4) is 0 Å². The minimum atomic E-state index is -1.23. The molecule has 0 aromatic carbocycles. The van der Waals surface area contributed by atoms with Crippen LogP contribution in [-0.4, -0.2) is 74.3 Å². The molecule has 0 aromatic rings. The Balaban J connectivity index is 2.15. The van der Waals surface area contributed by atoms with E-state index < -0.39 is 6.09 Å². The Hall–Kier alpha value is -0.850. The zero-order valence-corrected chi connectivity index (χ0v) is 9.40. The number of amides is 1. The second-order valence-electron chi connectivity index (χ2n) is 4.03. The lowest BCUT2D eigenvalue weighted by molar-refractivity contribution is 0.0726. The molecule has 0 saturated carbocycles. The van der Waals surface area contributed by atoms with Crippen molar-refractivity contribution in [2.24, 2.45) is 0 Å². The molecule has 1 rings (SSSR count). The van der Waals surface area contributed by atoms with E-state index in [0.29, 0.717) is 0 Å². The number of rotatable bonds is 4. The number of hydrazine groups is 1. The molecule has 1 amide bonds. The molecule has 0 bridgehead atoms. The van der Waals surface area contributed by atoms with Gasteiger partial charge in [0.25, 0.3) is 0 Å². The highest BCUT2D eigenvalue weighted by Crippen LogP contribution is 1.98. The molecule has 1 radical (unpaired) electrons. The van der Waals surface area contributed by atoms with E-state index in [0.717, 1.165) is 39.3 Å². The van der Waals surface area contributed by atoms with E-state index in [1.807, 2.05) is 14.1 Å². The van der Waals surface area contributed by atoms with Gasteiger partial charge in [-0.3, -0.25) is 10.3 Å². The van der Waals surface area contributed by atoms with E-state index in [1.54, 1.807) is 5.01 Å². The summed E-state index contributed by atoms with van der Waals surface area (Å²) in [5.41, 5.74) is 2.27. The normalized spacial score (nSPS) is 19.4. The van der Waals surface area contributed by atoms with Crippen LogP contribution in [0.2, 0.25) is 0 Å². The lowest BCUT2D eigenvalue weighted by Gasteiger charge is -2.34. The molecular weight excluding hydrogens is 196 g/mol. The topological polar surface area (TPSA) is 58.7 Å². The van der Waals surface area contributed by atoms with Crippen LogP contribution in [0.5, 0.6) is 0 Å². The quantitative estimate of drug-likeness (QED) is 0.668. The van der Waals surface area contributed by atoms with E-state index in [4.69, 9.17) is 0 Å². The largest absolute Gasteiger partial charge is 0.464 e. The Morgan fingerprint density at radius 3 is 2.33 bits per heavy atom. The summed E-state index contributed by atoms with van der Waals surface area (Å²) >= 11 is 0. The van der Waals surface area contributed by atoms with Crippen molar-refractivity contribution < 1.29 is 9.90 Å². The van der Waals surface area contributed by atoms with E-state index in [-0.39, 0.29) is 0 Å². The van der Waals surface area contributed by atoms with Gasteiger partial charge in [0.1, 0.15) is 0 Å². The smallest absolute Gasteiger partial charge is 0.308 e. The first kappa shape index (κ1) is 12.2. The predicted molar refractivity (Wildman–Crippen MR) is 55.8 cm³/mol. The molecule has 15 heavy (non-hydrogen) atoms. The number of nitrogens with zero attached hydrogens (tertiary/aromatic N) is 3. The molecule has 6 nitrogen and oxygen atoms in total. The lowest BCUT2D eigenvalue weighted by atomic mass is 10.3. The highest BCUT2D eigenvalue weighted by Gasteiger charge is 2.17. The lowest BCUT2D eigenvalue weighted by Crippen LogP contribution is -2.53. The molecule has 1 saturated heterocycles. The molecule has 1 heterocycles. The fraction of sp³-hybridized carbons (Fsp3) is 0.889. The van der Waals surface area contributed by atoms with Gasteiger partial charge in [-0.05, 0) is 14.1 Å². The highest BCUT2D eigenvalue weighted by atomic mass is 16.4. The third-order valence-electron chi connectivity index (χ3n) is 2.49. The van der Waals surface area contributed by atoms with Crippen LogP contribution in [0.25, 0.3) is 0 Å². The minimum Gasteiger partial charge on any atom is -0.308 e. The van der Waals surface area contributed by atoms with Crippen LogP contribution in [-0.2, 0) is 5.11 Å². The molecule has 6 heteroatoms. The van der Waals surface area contributed by atoms with Gasteiger partial charge in [-0.2, -0.15) is 0 Å². The fourth-order valence-electron chi connectivity index (χ4n) is 1.55. The molecule has 0 aliphatic carbocycles. The van der Waals surface area contributed by atoms with Crippen molar-refractivity contribution in [3.05, 3.63) is 0 Å². The van der Waals surface area contributed by atoms with Gasteiger partial charge in [0.15, 0.2) is 0 Å². The third kappa shape index (κ3) is 4.96. The Morgan fingerprint density at radius 1 is 1.27 bits per heavy atom. The van der Waals surface area contributed by atoms with Crippen molar-refractivity contribution >= 4 is 6.09 Å². The van der Waals surface area contributed by atoms with Crippen LogP contribution in [0.3, 0.4) is 0 Å². The molecule has 1 aliphatic rings. The number of hydrogen-bond donors (Lipinski definition) is 1. The Labute approximate surface area is 90.4 Å². The van der Waals surface area contributed by atoms with Crippen LogP contribution in [0.15, 0.2) is 0 Å². The molecule has 0 atom stereocenters. The van der Waals surface area contributed by atoms with Crippen LogP contribution >= 0.6 is 0 Å². The van der Waals surface area contributed by atoms with Crippen molar-refractivity contribution in [3.63, 3.8) is 0 Å². The second-order valence-corrected chi connectivity index (χ2v) is 4.03. The minimum absolute atomic E-state index is 0.724. The SMILES string of the molecule is CN(C)CCN1CCN(NC([O])=O)CC1. The van der Waals surface area contributed by atoms with Crippen molar-refractivity contribution in [2.75, 3.05) is 53.4 Å². The summed E-state index contributed by atoms with van der Waals surface area (Å²) in [4.78, 5) is 14.8. The van der Waals surface area contributed by atoms with Crippen molar-refractivity contribution in [2.45, 2.75) is 0 Å². The number of carbonyl (C=O) groups is 1. The average Bonchev–Trinajstić information content (AvgIpc) is 2.16. The summed E-state index contributed by atoms with van der Waals surface area (Å²) in [6, 6.07) is 0. The van der Waals surface area contributed by atoms with Gasteiger partial charge in [0, 0.05) is 39.3 Å². The zero-order valence-electron chi connectivity index (χ0n) is 9.40. The maximum absolute atomic E-state index is 10.3. The fourth-order valence-corrected chi connectivity index (χ4v) is 1.55. The van der Waals surface area contributed by atoms with E-state index in [1.165, 1.54) is 0 Å². The third-order valence-corrected chi connectivity index (χ3v) is 2.49. The molecule has 0 spiro atoms. The van der Waals surface area contributed by atoms with Gasteiger partial charge in [0.2, 0.25) is 0 Å². The zero-order chi connectivity index (χ0) is 11.3. The Morgan fingerprint density at radius 2 is 1.87 bits per heavy atom. The molecule has 1 aliphatic heterocycles. The maximum Gasteiger partial charge on any atom is 0.464 e. The first-order valence-electron chi connectivity index (χ1n) is 5.17. The van der Waals surface area contributed by atoms with Crippen LogP contribution in [0, 0.1) is 0 Å². The summed E-state index contributed by atoms with van der Waals surface area (Å²) in [5.74, 6) is 0. The van der Waals surface area contributed by atoms with E-state index in [2.05, 4.69) is 15.2 Å². The maximum atomic E-state index is 10.3. The van der Waals surface area contributed by atoms with Crippen LogP contribution < -0.4 is 5.43 Å². The number of piperazine rings is 1. The van der Waals surface area contributed by atoms with Gasteiger partial charge in [-0.25, -0.2) is 14.9 Å². The van der Waals surface area contributed by atoms with Crippen LogP contribution in [0.1, 0.15) is 0 Å². The summed E-state index contributed by atoms with van der Waals surface area (Å²) < 4.78 is 0. The number of likely N-dealkylation sites (N-methyl/N-ethyl adjacent to an activating group) is 1. The molecule has 1 fully saturated rings. The summed E-state index contributed by atoms with van der Waals surface area (Å²) in [5, 5.41) is 12.0. The standard InChI is InChI=1S/C9H19N4O2/c1-11(2)3-4-12-5-7-13(8-6-12)10-9(14)15/h10H,3-8H2,1-2H3.